The van der Waals surface area contributed by atoms with Crippen LogP contribution in [0, 0.1) is 0 Å². The number of nitrogens with zero attached hydrogens (tertiary/aromatic N) is 2. The molecule has 6 aromatic rings. The molecule has 0 atom stereocenters. The zero-order valence-corrected chi connectivity index (χ0v) is 22.7. The van der Waals surface area contributed by atoms with Crippen LogP contribution in [0.5, 0.6) is 0 Å². The molecule has 0 aliphatic rings. The molecule has 2 heteroatoms. The third-order valence-corrected chi connectivity index (χ3v) is 7.48. The van der Waals surface area contributed by atoms with Gasteiger partial charge in [0.15, 0.2) is 0 Å². The van der Waals surface area contributed by atoms with E-state index in [0.29, 0.717) is 0 Å². The molecule has 0 fully saturated rings. The average molecular weight is 507 g/mol. The number of fused-ring (bicyclic) bond motifs is 3. The van der Waals surface area contributed by atoms with Crippen molar-refractivity contribution in [2.45, 2.75) is 33.2 Å². The number of para-hydroxylation sites is 2. The fourth-order valence-corrected chi connectivity index (χ4v) is 5.57. The molecule has 1 aromatic heterocycles. The summed E-state index contributed by atoms with van der Waals surface area (Å²) in [5, 5.41) is 2.63. The fraction of sp³-hybridized carbons (Fsp3) is 0.135. The van der Waals surface area contributed by atoms with Crippen LogP contribution in [0.25, 0.3) is 34.0 Å². The van der Waals surface area contributed by atoms with Crippen molar-refractivity contribution in [1.82, 2.24) is 4.57 Å². The topological polar surface area (TPSA) is 8.17 Å². The Bertz CT molecular complexity index is 1720. The fourth-order valence-electron chi connectivity index (χ4n) is 5.57. The highest BCUT2D eigenvalue weighted by Gasteiger charge is 2.12. The molecular formula is C37H34N2. The molecule has 0 unspecified atom stereocenters. The first-order chi connectivity index (χ1) is 19.2. The Labute approximate surface area is 231 Å². The molecule has 0 radical (unpaired) electrons. The van der Waals surface area contributed by atoms with Gasteiger partial charge in [-0.1, -0.05) is 92.2 Å². The summed E-state index contributed by atoms with van der Waals surface area (Å²) in [6.07, 6.45) is 6.69. The average Bonchev–Trinajstić information content (AvgIpc) is 3.31. The maximum atomic E-state index is 2.40. The van der Waals surface area contributed by atoms with Crippen LogP contribution >= 0.6 is 0 Å². The zero-order chi connectivity index (χ0) is 26.6. The molecule has 0 spiro atoms. The van der Waals surface area contributed by atoms with Crippen LogP contribution in [-0.2, 0) is 13.0 Å². The van der Waals surface area contributed by atoms with Crippen molar-refractivity contribution >= 4 is 51.0 Å². The molecule has 0 amide bonds. The van der Waals surface area contributed by atoms with Gasteiger partial charge in [-0.25, -0.2) is 0 Å². The van der Waals surface area contributed by atoms with E-state index in [0.717, 1.165) is 30.8 Å². The summed E-state index contributed by atoms with van der Waals surface area (Å²) in [4.78, 5) is 2.32. The van der Waals surface area contributed by atoms with Gasteiger partial charge in [-0.05, 0) is 84.6 Å². The van der Waals surface area contributed by atoms with Crippen LogP contribution < -0.4 is 4.90 Å². The second-order valence-electron chi connectivity index (χ2n) is 10.1. The lowest BCUT2D eigenvalue weighted by Crippen LogP contribution is -2.09. The molecule has 0 saturated heterocycles. The van der Waals surface area contributed by atoms with Crippen molar-refractivity contribution in [2.75, 3.05) is 4.90 Å². The van der Waals surface area contributed by atoms with Gasteiger partial charge in [-0.15, -0.1) is 0 Å². The van der Waals surface area contributed by atoms with Crippen molar-refractivity contribution in [1.29, 1.82) is 0 Å². The smallest absolute Gasteiger partial charge is 0.0491 e. The van der Waals surface area contributed by atoms with Gasteiger partial charge in [-0.2, -0.15) is 0 Å². The van der Waals surface area contributed by atoms with E-state index in [-0.39, 0.29) is 0 Å². The van der Waals surface area contributed by atoms with Crippen molar-refractivity contribution in [2.24, 2.45) is 0 Å². The number of aromatic nitrogens is 1. The molecule has 2 nitrogen and oxygen atoms in total. The maximum Gasteiger partial charge on any atom is 0.0491 e. The molecule has 6 rings (SSSR count). The third kappa shape index (κ3) is 4.98. The minimum Gasteiger partial charge on any atom is -0.341 e. The number of anilines is 3. The maximum absolute atomic E-state index is 2.40. The summed E-state index contributed by atoms with van der Waals surface area (Å²) >= 11 is 0. The van der Waals surface area contributed by atoms with Crippen LogP contribution in [0.1, 0.15) is 37.0 Å². The Morgan fingerprint density at radius 2 is 1.15 bits per heavy atom. The Kier molecular flexibility index (Phi) is 7.01. The lowest BCUT2D eigenvalue weighted by atomic mass is 10.1. The van der Waals surface area contributed by atoms with Gasteiger partial charge >= 0.3 is 0 Å². The number of benzene rings is 5. The van der Waals surface area contributed by atoms with E-state index in [2.05, 4.69) is 157 Å². The SMILES string of the molecule is CCCc1ccc(N(c2ccccc2)c2ccc(C=Cc3ccc4c(c3)c3ccccc3n4CC)cc2)cc1. The number of rotatable bonds is 8. The largest absolute Gasteiger partial charge is 0.341 e. The normalized spacial score (nSPS) is 11.5. The van der Waals surface area contributed by atoms with Gasteiger partial charge in [0.25, 0.3) is 0 Å². The molecular weight excluding hydrogens is 472 g/mol. The van der Waals surface area contributed by atoms with Gasteiger partial charge in [0.1, 0.15) is 0 Å². The molecule has 39 heavy (non-hydrogen) atoms. The molecule has 0 N–H and O–H groups in total. The Morgan fingerprint density at radius 1 is 0.564 bits per heavy atom. The van der Waals surface area contributed by atoms with Crippen molar-refractivity contribution in [3.05, 3.63) is 138 Å². The molecule has 0 bridgehead atoms. The molecule has 192 valence electrons. The van der Waals surface area contributed by atoms with Crippen LogP contribution in [-0.4, -0.2) is 4.57 Å². The number of hydrogen-bond acceptors (Lipinski definition) is 1. The summed E-state index contributed by atoms with van der Waals surface area (Å²) < 4.78 is 2.40. The predicted octanol–water partition coefficient (Wildman–Crippen LogP) is 10.4. The van der Waals surface area contributed by atoms with E-state index in [9.17, 15) is 0 Å². The highest BCUT2D eigenvalue weighted by molar-refractivity contribution is 6.08. The standard InChI is InChI=1S/C37H34N2/c1-3-10-28-17-22-32(23-18-28)39(31-11-6-5-7-12-31)33-24-19-29(20-25-33)15-16-30-21-26-37-35(27-30)34-13-8-9-14-36(34)38(37)4-2/h5-9,11-27H,3-4,10H2,1-2H3. The molecule has 5 aromatic carbocycles. The summed E-state index contributed by atoms with van der Waals surface area (Å²) in [6.45, 7) is 5.40. The first kappa shape index (κ1) is 24.8. The van der Waals surface area contributed by atoms with Gasteiger partial charge in [0.2, 0.25) is 0 Å². The summed E-state index contributed by atoms with van der Waals surface area (Å²) in [5.74, 6) is 0. The Morgan fingerprint density at radius 3 is 1.87 bits per heavy atom. The van der Waals surface area contributed by atoms with Crippen LogP contribution in [0.4, 0.5) is 17.1 Å². The quantitative estimate of drug-likeness (QED) is 0.186. The first-order valence-corrected chi connectivity index (χ1v) is 14.0. The van der Waals surface area contributed by atoms with Gasteiger partial charge in [-0.3, -0.25) is 0 Å². The van der Waals surface area contributed by atoms with Crippen molar-refractivity contribution in [3.63, 3.8) is 0 Å². The highest BCUT2D eigenvalue weighted by atomic mass is 15.1. The van der Waals surface area contributed by atoms with Crippen LogP contribution in [0.2, 0.25) is 0 Å². The van der Waals surface area contributed by atoms with E-state index < -0.39 is 0 Å². The molecule has 1 heterocycles. The van der Waals surface area contributed by atoms with E-state index in [1.807, 2.05) is 0 Å². The molecule has 0 saturated carbocycles. The minimum atomic E-state index is 0.967. The van der Waals surface area contributed by atoms with Gasteiger partial charge in [0, 0.05) is 45.4 Å². The second kappa shape index (κ2) is 11.0. The summed E-state index contributed by atoms with van der Waals surface area (Å²) in [7, 11) is 0. The Hall–Kier alpha value is -4.56. The lowest BCUT2D eigenvalue weighted by Gasteiger charge is -2.25. The van der Waals surface area contributed by atoms with E-state index in [1.54, 1.807) is 0 Å². The summed E-state index contributed by atoms with van der Waals surface area (Å²) in [5.41, 5.74) is 9.85. The zero-order valence-electron chi connectivity index (χ0n) is 22.7. The Balaban J connectivity index is 1.29. The first-order valence-electron chi connectivity index (χ1n) is 14.0. The van der Waals surface area contributed by atoms with Gasteiger partial charge < -0.3 is 9.47 Å². The highest BCUT2D eigenvalue weighted by Crippen LogP contribution is 2.35. The predicted molar refractivity (Wildman–Crippen MR) is 169 cm³/mol. The minimum absolute atomic E-state index is 0.967. The monoisotopic (exact) mass is 506 g/mol. The van der Waals surface area contributed by atoms with Gasteiger partial charge in [0.05, 0.1) is 0 Å². The molecule has 0 aliphatic heterocycles. The van der Waals surface area contributed by atoms with Crippen LogP contribution in [0.3, 0.4) is 0 Å². The van der Waals surface area contributed by atoms with Crippen molar-refractivity contribution < 1.29 is 0 Å². The van der Waals surface area contributed by atoms with E-state index in [4.69, 9.17) is 0 Å². The molecule has 0 aliphatic carbocycles. The van der Waals surface area contributed by atoms with E-state index >= 15 is 0 Å². The van der Waals surface area contributed by atoms with Crippen LogP contribution in [0.15, 0.2) is 121 Å². The number of aryl methyl sites for hydroxylation is 2. The summed E-state index contributed by atoms with van der Waals surface area (Å²) in [6, 6.07) is 43.9. The lowest BCUT2D eigenvalue weighted by molar-refractivity contribution is 0.827. The van der Waals surface area contributed by atoms with Crippen molar-refractivity contribution in [3.8, 4) is 0 Å². The second-order valence-corrected chi connectivity index (χ2v) is 10.1. The van der Waals surface area contributed by atoms with E-state index in [1.165, 1.54) is 44.2 Å². The number of hydrogen-bond donors (Lipinski definition) is 0. The third-order valence-electron chi connectivity index (χ3n) is 7.48.